The van der Waals surface area contributed by atoms with Crippen LogP contribution in [0.4, 0.5) is 0 Å². The summed E-state index contributed by atoms with van der Waals surface area (Å²) in [6.07, 6.45) is 0. The van der Waals surface area contributed by atoms with E-state index in [1.165, 1.54) is 0 Å². The van der Waals surface area contributed by atoms with E-state index in [0.29, 0.717) is 10.9 Å². The molecular weight excluding hydrogens is 589 g/mol. The maximum absolute atomic E-state index is 10.1. The number of benzene rings is 10. The van der Waals surface area contributed by atoms with Gasteiger partial charge in [-0.25, -0.2) is 0 Å². The lowest BCUT2D eigenvalue weighted by molar-refractivity contribution is 0.660. The smallest absolute Gasteiger partial charge is 0.0619 e. The first-order chi connectivity index (χ1) is 31.2. The molecule has 1 aliphatic carbocycles. The minimum absolute atomic E-state index is 0.0406. The van der Waals surface area contributed by atoms with Crippen molar-refractivity contribution in [2.45, 2.75) is 19.3 Å². The average Bonchev–Trinajstić information content (AvgIpc) is 3.56. The van der Waals surface area contributed by atoms with Crippen molar-refractivity contribution in [3.63, 3.8) is 0 Å². The molecule has 0 saturated carbocycles. The van der Waals surface area contributed by atoms with E-state index < -0.39 is 108 Å². The van der Waals surface area contributed by atoms with Crippen LogP contribution in [-0.2, 0) is 5.41 Å². The van der Waals surface area contributed by atoms with Crippen molar-refractivity contribution in [2.75, 3.05) is 0 Å². The standard InChI is InChI=1S/C49H32/c1-49(2)42-17-8-7-14-35(42)36-24-23-33(28-43(36)49)45-37-15-5-6-16-38(37)48(47-34-13-4-3-10-29(34)20-27-41(45)47)40-26-22-32-19-18-30-11-9-12-31-21-25-39(40)46(32)44(30)31/h3-28H,1-2H3/i3D,4D,5D,6D,7D,8D,10D,13D,14D,15D,16D,17D,20D,23D,24D,27D,28D. The molecule has 1 aliphatic rings. The molecule has 0 aliphatic heterocycles. The topological polar surface area (TPSA) is 0 Å². The van der Waals surface area contributed by atoms with Gasteiger partial charge in [0.1, 0.15) is 0 Å². The van der Waals surface area contributed by atoms with Crippen molar-refractivity contribution >= 4 is 64.6 Å². The van der Waals surface area contributed by atoms with Crippen molar-refractivity contribution < 1.29 is 23.3 Å². The highest BCUT2D eigenvalue weighted by atomic mass is 14.4. The molecule has 0 bridgehead atoms. The Labute approximate surface area is 309 Å². The normalized spacial score (nSPS) is 18.5. The SMILES string of the molecule is [2H]c1c([2H])c([2H])c2c(c1[2H])-c1c([2H])c([2H])c(-c3c4c([2H])c([2H])c([2H])c([2H])c4c(-c4ccc5ccc6cccc7ccc4c5c67)c4c3c([2H])c([2H])c3c([2H])c([2H])c([2H])c([2H])c34)c([2H])c1C2(C)C. The summed E-state index contributed by atoms with van der Waals surface area (Å²) in [5.74, 6) is 0. The quantitative estimate of drug-likeness (QED) is 0.131. The van der Waals surface area contributed by atoms with Crippen LogP contribution in [0.15, 0.2) is 157 Å². The van der Waals surface area contributed by atoms with E-state index in [0.717, 1.165) is 26.9 Å². The second-order valence-electron chi connectivity index (χ2n) is 13.1. The molecule has 10 aromatic rings. The molecule has 49 heavy (non-hydrogen) atoms. The van der Waals surface area contributed by atoms with Gasteiger partial charge in [-0.3, -0.25) is 0 Å². The average molecular weight is 638 g/mol. The van der Waals surface area contributed by atoms with Crippen molar-refractivity contribution in [3.05, 3.63) is 168 Å². The Kier molecular flexibility index (Phi) is 3.02. The molecule has 10 aromatic carbocycles. The highest BCUT2D eigenvalue weighted by Gasteiger charge is 2.35. The zero-order valence-electron chi connectivity index (χ0n) is 43.2. The molecular formula is C49H32. The number of fused-ring (bicyclic) bond motifs is 7. The maximum Gasteiger partial charge on any atom is 0.0633 e. The molecule has 0 nitrogen and oxygen atoms in total. The third kappa shape index (κ3) is 3.53. The van der Waals surface area contributed by atoms with Crippen LogP contribution in [0.5, 0.6) is 0 Å². The summed E-state index contributed by atoms with van der Waals surface area (Å²) >= 11 is 0. The molecule has 0 amide bonds. The molecule has 228 valence electrons. The van der Waals surface area contributed by atoms with E-state index in [1.54, 1.807) is 19.9 Å². The second-order valence-corrected chi connectivity index (χ2v) is 13.1. The lowest BCUT2D eigenvalue weighted by atomic mass is 9.79. The van der Waals surface area contributed by atoms with Crippen LogP contribution in [0.3, 0.4) is 0 Å². The predicted octanol–water partition coefficient (Wildman–Crippen LogP) is 13.7. The van der Waals surface area contributed by atoms with Gasteiger partial charge in [0.05, 0.1) is 23.3 Å². The first-order valence-corrected chi connectivity index (χ1v) is 16.0. The predicted molar refractivity (Wildman–Crippen MR) is 211 cm³/mol. The fraction of sp³-hybridized carbons (Fsp3) is 0.0612. The molecule has 0 spiro atoms. The van der Waals surface area contributed by atoms with Crippen LogP contribution >= 0.6 is 0 Å². The summed E-state index contributed by atoms with van der Waals surface area (Å²) < 4.78 is 157. The Morgan fingerprint density at radius 3 is 1.90 bits per heavy atom. The Balaban J connectivity index is 1.47. The molecule has 0 unspecified atom stereocenters. The number of hydrogen-bond donors (Lipinski definition) is 0. The van der Waals surface area contributed by atoms with Crippen LogP contribution in [-0.4, -0.2) is 0 Å². The fourth-order valence-corrected chi connectivity index (χ4v) is 8.04. The van der Waals surface area contributed by atoms with Crippen LogP contribution < -0.4 is 0 Å². The highest BCUT2D eigenvalue weighted by Crippen LogP contribution is 2.52. The van der Waals surface area contributed by atoms with Crippen molar-refractivity contribution in [1.82, 2.24) is 0 Å². The van der Waals surface area contributed by atoms with Gasteiger partial charge in [0.15, 0.2) is 0 Å². The van der Waals surface area contributed by atoms with Crippen LogP contribution in [0.1, 0.15) is 48.3 Å². The van der Waals surface area contributed by atoms with Gasteiger partial charge in [0, 0.05) is 5.41 Å². The zero-order chi connectivity index (χ0) is 47.2. The summed E-state index contributed by atoms with van der Waals surface area (Å²) in [6, 6.07) is 7.23. The van der Waals surface area contributed by atoms with Gasteiger partial charge >= 0.3 is 0 Å². The molecule has 0 heteroatoms. The summed E-state index contributed by atoms with van der Waals surface area (Å²) in [4.78, 5) is 0. The van der Waals surface area contributed by atoms with Crippen LogP contribution in [0, 0.1) is 0 Å². The molecule has 0 fully saturated rings. The minimum Gasteiger partial charge on any atom is -0.0619 e. The van der Waals surface area contributed by atoms with E-state index in [1.807, 2.05) is 48.5 Å². The lowest BCUT2D eigenvalue weighted by Gasteiger charge is -2.24. The highest BCUT2D eigenvalue weighted by molar-refractivity contribution is 6.32. The van der Waals surface area contributed by atoms with E-state index in [9.17, 15) is 11.0 Å². The van der Waals surface area contributed by atoms with Gasteiger partial charge in [-0.2, -0.15) is 0 Å². The molecule has 11 rings (SSSR count). The molecule has 0 heterocycles. The van der Waals surface area contributed by atoms with Gasteiger partial charge in [0.25, 0.3) is 0 Å². The van der Waals surface area contributed by atoms with Crippen LogP contribution in [0.25, 0.3) is 98.0 Å². The van der Waals surface area contributed by atoms with E-state index in [4.69, 9.17) is 12.3 Å². The van der Waals surface area contributed by atoms with E-state index >= 15 is 0 Å². The maximum atomic E-state index is 10.1. The van der Waals surface area contributed by atoms with Crippen LogP contribution in [0.2, 0.25) is 0 Å². The molecule has 0 radical (unpaired) electrons. The fourth-order valence-electron chi connectivity index (χ4n) is 8.04. The molecule has 0 atom stereocenters. The Bertz CT molecular complexity index is 3970. The summed E-state index contributed by atoms with van der Waals surface area (Å²) in [5.41, 5.74) is -1.63. The van der Waals surface area contributed by atoms with Crippen molar-refractivity contribution in [1.29, 1.82) is 0 Å². The third-order valence-electron chi connectivity index (χ3n) is 10.2. The molecule has 0 aromatic heterocycles. The Morgan fingerprint density at radius 2 is 1.06 bits per heavy atom. The number of rotatable bonds is 2. The monoisotopic (exact) mass is 637 g/mol. The molecule has 0 N–H and O–H groups in total. The zero-order valence-corrected chi connectivity index (χ0v) is 26.2. The first-order valence-electron chi connectivity index (χ1n) is 24.5. The Hall–Kier alpha value is -5.98. The summed E-state index contributed by atoms with van der Waals surface area (Å²) in [5, 5.41) is 3.71. The van der Waals surface area contributed by atoms with E-state index in [-0.39, 0.29) is 71.3 Å². The third-order valence-corrected chi connectivity index (χ3v) is 10.2. The lowest BCUT2D eigenvalue weighted by Crippen LogP contribution is -2.14. The summed E-state index contributed by atoms with van der Waals surface area (Å²) in [7, 11) is 0. The van der Waals surface area contributed by atoms with Crippen molar-refractivity contribution in [2.24, 2.45) is 0 Å². The Morgan fingerprint density at radius 1 is 0.408 bits per heavy atom. The summed E-state index contributed by atoms with van der Waals surface area (Å²) in [6.45, 7) is 3.26. The largest absolute Gasteiger partial charge is 0.0633 e. The van der Waals surface area contributed by atoms with Gasteiger partial charge in [0.2, 0.25) is 0 Å². The molecule has 0 saturated heterocycles. The van der Waals surface area contributed by atoms with Gasteiger partial charge in [-0.1, -0.05) is 165 Å². The first kappa shape index (κ1) is 15.5. The van der Waals surface area contributed by atoms with Gasteiger partial charge < -0.3 is 0 Å². The van der Waals surface area contributed by atoms with E-state index in [2.05, 4.69) is 0 Å². The van der Waals surface area contributed by atoms with Crippen molar-refractivity contribution in [3.8, 4) is 33.4 Å². The second kappa shape index (κ2) is 9.56. The number of hydrogen-bond acceptors (Lipinski definition) is 0. The van der Waals surface area contributed by atoms with Gasteiger partial charge in [-0.15, -0.1) is 0 Å². The van der Waals surface area contributed by atoms with Gasteiger partial charge in [-0.05, 0) is 115 Å². The minimum atomic E-state index is -1.40.